The van der Waals surface area contributed by atoms with Crippen molar-refractivity contribution >= 4 is 0 Å². The number of hydrogen-bond acceptors (Lipinski definition) is 2. The topological polar surface area (TPSA) is 35.2 Å². The summed E-state index contributed by atoms with van der Waals surface area (Å²) >= 11 is 0. The summed E-state index contributed by atoms with van der Waals surface area (Å²) in [4.78, 5) is 0. The van der Waals surface area contributed by atoms with E-state index in [9.17, 15) is 0 Å². The first kappa shape index (κ1) is 12.0. The average molecular weight is 199 g/mol. The Kier molecular flexibility index (Phi) is 5.49. The summed E-state index contributed by atoms with van der Waals surface area (Å²) in [6.45, 7) is 6.31. The van der Waals surface area contributed by atoms with E-state index in [0.29, 0.717) is 12.0 Å². The lowest BCUT2D eigenvalue weighted by Gasteiger charge is -2.27. The quantitative estimate of drug-likeness (QED) is 0.713. The van der Waals surface area contributed by atoms with Crippen LogP contribution in [-0.2, 0) is 4.74 Å². The van der Waals surface area contributed by atoms with Crippen LogP contribution in [0.2, 0.25) is 0 Å². The fourth-order valence-corrected chi connectivity index (χ4v) is 2.51. The first-order chi connectivity index (χ1) is 6.79. The average Bonchev–Trinajstić information content (AvgIpc) is 2.69. The Morgan fingerprint density at radius 3 is 2.36 bits per heavy atom. The van der Waals surface area contributed by atoms with Crippen molar-refractivity contribution in [3.8, 4) is 0 Å². The zero-order valence-electron chi connectivity index (χ0n) is 9.67. The highest BCUT2D eigenvalue weighted by atomic mass is 16.5. The standard InChI is InChI=1S/C12H25NO/c1-3-5-10(6-4-2)12(13)11-7-8-14-9-11/h10-12H,3-9,13H2,1-2H3. The van der Waals surface area contributed by atoms with Crippen LogP contribution >= 0.6 is 0 Å². The van der Waals surface area contributed by atoms with E-state index < -0.39 is 0 Å². The van der Waals surface area contributed by atoms with Gasteiger partial charge in [0.1, 0.15) is 0 Å². The molecular weight excluding hydrogens is 174 g/mol. The van der Waals surface area contributed by atoms with Crippen molar-refractivity contribution in [2.24, 2.45) is 17.6 Å². The molecule has 1 fully saturated rings. The van der Waals surface area contributed by atoms with Crippen LogP contribution in [0.15, 0.2) is 0 Å². The Morgan fingerprint density at radius 2 is 1.93 bits per heavy atom. The molecule has 1 rings (SSSR count). The Labute approximate surface area is 88.2 Å². The van der Waals surface area contributed by atoms with Crippen molar-refractivity contribution in [2.45, 2.75) is 52.0 Å². The summed E-state index contributed by atoms with van der Waals surface area (Å²) in [6, 6.07) is 0.373. The van der Waals surface area contributed by atoms with E-state index in [1.54, 1.807) is 0 Å². The highest BCUT2D eigenvalue weighted by Crippen LogP contribution is 2.26. The molecule has 84 valence electrons. The molecule has 0 bridgehead atoms. The van der Waals surface area contributed by atoms with Crippen molar-refractivity contribution < 1.29 is 4.74 Å². The van der Waals surface area contributed by atoms with Crippen molar-refractivity contribution in [1.82, 2.24) is 0 Å². The van der Waals surface area contributed by atoms with Crippen molar-refractivity contribution in [3.05, 3.63) is 0 Å². The van der Waals surface area contributed by atoms with Gasteiger partial charge in [0.25, 0.3) is 0 Å². The first-order valence-electron chi connectivity index (χ1n) is 6.12. The molecule has 0 aliphatic carbocycles. The minimum absolute atomic E-state index is 0.373. The Balaban J connectivity index is 2.39. The lowest BCUT2D eigenvalue weighted by molar-refractivity contribution is 0.170. The second-order valence-electron chi connectivity index (χ2n) is 4.54. The maximum atomic E-state index is 6.32. The molecule has 1 heterocycles. The third kappa shape index (κ3) is 3.25. The molecule has 2 atom stereocenters. The second-order valence-corrected chi connectivity index (χ2v) is 4.54. The highest BCUT2D eigenvalue weighted by Gasteiger charge is 2.28. The Bertz CT molecular complexity index is 137. The maximum Gasteiger partial charge on any atom is 0.0510 e. The van der Waals surface area contributed by atoms with E-state index in [-0.39, 0.29) is 0 Å². The summed E-state index contributed by atoms with van der Waals surface area (Å²) in [6.07, 6.45) is 6.25. The summed E-state index contributed by atoms with van der Waals surface area (Å²) in [5.74, 6) is 1.34. The van der Waals surface area contributed by atoms with Gasteiger partial charge in [-0.05, 0) is 31.1 Å². The van der Waals surface area contributed by atoms with Gasteiger partial charge in [-0.2, -0.15) is 0 Å². The maximum absolute atomic E-state index is 6.32. The van der Waals surface area contributed by atoms with E-state index in [1.165, 1.54) is 32.1 Å². The van der Waals surface area contributed by atoms with Crippen LogP contribution in [0, 0.1) is 11.8 Å². The largest absolute Gasteiger partial charge is 0.381 e. The zero-order chi connectivity index (χ0) is 10.4. The van der Waals surface area contributed by atoms with Gasteiger partial charge in [-0.1, -0.05) is 26.7 Å². The highest BCUT2D eigenvalue weighted by molar-refractivity contribution is 4.82. The molecule has 0 radical (unpaired) electrons. The molecule has 2 N–H and O–H groups in total. The fraction of sp³-hybridized carbons (Fsp3) is 1.00. The van der Waals surface area contributed by atoms with E-state index in [1.807, 2.05) is 0 Å². The Hall–Kier alpha value is -0.0800. The molecule has 1 aliphatic heterocycles. The van der Waals surface area contributed by atoms with Crippen molar-refractivity contribution in [1.29, 1.82) is 0 Å². The van der Waals surface area contributed by atoms with Gasteiger partial charge >= 0.3 is 0 Å². The molecule has 0 aromatic carbocycles. The van der Waals surface area contributed by atoms with Crippen LogP contribution in [0.5, 0.6) is 0 Å². The molecule has 1 aliphatic rings. The predicted octanol–water partition coefficient (Wildman–Crippen LogP) is 2.57. The van der Waals surface area contributed by atoms with Crippen LogP contribution in [0.1, 0.15) is 46.0 Å². The normalized spacial score (nSPS) is 24.4. The van der Waals surface area contributed by atoms with Gasteiger partial charge in [-0.3, -0.25) is 0 Å². The third-order valence-electron chi connectivity index (χ3n) is 3.37. The fourth-order valence-electron chi connectivity index (χ4n) is 2.51. The molecule has 0 saturated carbocycles. The molecular formula is C12H25NO. The zero-order valence-corrected chi connectivity index (χ0v) is 9.67. The monoisotopic (exact) mass is 199 g/mol. The summed E-state index contributed by atoms with van der Waals surface area (Å²) in [5.41, 5.74) is 6.32. The minimum atomic E-state index is 0.373. The van der Waals surface area contributed by atoms with E-state index in [4.69, 9.17) is 10.5 Å². The number of rotatable bonds is 6. The van der Waals surface area contributed by atoms with E-state index in [0.717, 1.165) is 19.1 Å². The molecule has 14 heavy (non-hydrogen) atoms. The van der Waals surface area contributed by atoms with Crippen LogP contribution < -0.4 is 5.73 Å². The number of hydrogen-bond donors (Lipinski definition) is 1. The van der Waals surface area contributed by atoms with E-state index >= 15 is 0 Å². The van der Waals surface area contributed by atoms with Crippen LogP contribution in [-0.4, -0.2) is 19.3 Å². The lowest BCUT2D eigenvalue weighted by Crippen LogP contribution is -2.38. The van der Waals surface area contributed by atoms with Gasteiger partial charge < -0.3 is 10.5 Å². The summed E-state index contributed by atoms with van der Waals surface area (Å²) in [7, 11) is 0. The molecule has 0 aromatic rings. The van der Waals surface area contributed by atoms with Gasteiger partial charge in [0.2, 0.25) is 0 Å². The molecule has 0 amide bonds. The SMILES string of the molecule is CCCC(CCC)C(N)C1CCOC1. The lowest BCUT2D eigenvalue weighted by atomic mass is 9.83. The van der Waals surface area contributed by atoms with Crippen molar-refractivity contribution in [3.63, 3.8) is 0 Å². The minimum Gasteiger partial charge on any atom is -0.381 e. The molecule has 0 spiro atoms. The van der Waals surface area contributed by atoms with Gasteiger partial charge in [-0.25, -0.2) is 0 Å². The molecule has 2 nitrogen and oxygen atoms in total. The van der Waals surface area contributed by atoms with Gasteiger partial charge in [0, 0.05) is 12.6 Å². The number of nitrogens with two attached hydrogens (primary N) is 1. The van der Waals surface area contributed by atoms with Crippen molar-refractivity contribution in [2.75, 3.05) is 13.2 Å². The van der Waals surface area contributed by atoms with Gasteiger partial charge in [0.15, 0.2) is 0 Å². The van der Waals surface area contributed by atoms with Gasteiger partial charge in [0.05, 0.1) is 6.61 Å². The van der Waals surface area contributed by atoms with E-state index in [2.05, 4.69) is 13.8 Å². The van der Waals surface area contributed by atoms with Crippen LogP contribution in [0.3, 0.4) is 0 Å². The molecule has 0 aromatic heterocycles. The molecule has 1 saturated heterocycles. The number of ether oxygens (including phenoxy) is 1. The second kappa shape index (κ2) is 6.41. The summed E-state index contributed by atoms with van der Waals surface area (Å²) in [5, 5.41) is 0. The first-order valence-corrected chi connectivity index (χ1v) is 6.12. The third-order valence-corrected chi connectivity index (χ3v) is 3.37. The smallest absolute Gasteiger partial charge is 0.0510 e. The summed E-state index contributed by atoms with van der Waals surface area (Å²) < 4.78 is 5.40. The Morgan fingerprint density at radius 1 is 1.29 bits per heavy atom. The van der Waals surface area contributed by atoms with Crippen LogP contribution in [0.25, 0.3) is 0 Å². The van der Waals surface area contributed by atoms with Gasteiger partial charge in [-0.15, -0.1) is 0 Å². The predicted molar refractivity (Wildman–Crippen MR) is 60.2 cm³/mol. The molecule has 2 unspecified atom stereocenters. The van der Waals surface area contributed by atoms with Crippen LogP contribution in [0.4, 0.5) is 0 Å². The molecule has 2 heteroatoms.